The quantitative estimate of drug-likeness (QED) is 0.544. The topological polar surface area (TPSA) is 42.5 Å². The Morgan fingerprint density at radius 2 is 1.52 bits per heavy atom. The van der Waals surface area contributed by atoms with Crippen LogP contribution < -0.4 is 0 Å². The lowest BCUT2D eigenvalue weighted by atomic mass is 10.2. The van der Waals surface area contributed by atoms with Crippen LogP contribution in [0.25, 0.3) is 5.69 Å². The summed E-state index contributed by atoms with van der Waals surface area (Å²) in [5, 5.41) is 12.8. The molecular weight excluding hydrogens is 329 g/mol. The van der Waals surface area contributed by atoms with E-state index in [-0.39, 0.29) is 0 Å². The van der Waals surface area contributed by atoms with E-state index in [2.05, 4.69) is 15.3 Å². The van der Waals surface area contributed by atoms with Crippen molar-refractivity contribution < 1.29 is 13.2 Å². The van der Waals surface area contributed by atoms with E-state index in [1.807, 2.05) is 30.3 Å². The van der Waals surface area contributed by atoms with Gasteiger partial charge in [-0.25, -0.2) is 4.68 Å². The molecule has 2 aromatic carbocycles. The van der Waals surface area contributed by atoms with E-state index in [0.717, 1.165) is 12.1 Å². The van der Waals surface area contributed by atoms with Crippen LogP contribution in [0.2, 0.25) is 0 Å². The van der Waals surface area contributed by atoms with Gasteiger partial charge in [0.1, 0.15) is 5.69 Å². The number of aryl methyl sites for hydroxylation is 1. The number of halogens is 3. The van der Waals surface area contributed by atoms with E-state index >= 15 is 0 Å². The third-order valence-electron chi connectivity index (χ3n) is 3.71. The van der Waals surface area contributed by atoms with Crippen LogP contribution in [0, 0.1) is 13.8 Å². The highest BCUT2D eigenvalue weighted by atomic mass is 19.4. The van der Waals surface area contributed by atoms with Gasteiger partial charge >= 0.3 is 6.18 Å². The molecule has 0 aliphatic carbocycles. The van der Waals surface area contributed by atoms with Gasteiger partial charge in [-0.2, -0.15) is 23.4 Å². The number of rotatable bonds is 3. The first-order valence-electron chi connectivity index (χ1n) is 7.57. The summed E-state index contributed by atoms with van der Waals surface area (Å²) >= 11 is 0. The number of hydrogen-bond donors (Lipinski definition) is 0. The molecule has 0 unspecified atom stereocenters. The third kappa shape index (κ3) is 3.60. The van der Waals surface area contributed by atoms with Crippen LogP contribution in [0.1, 0.15) is 17.0 Å². The Balaban J connectivity index is 1.93. The molecule has 128 valence electrons. The van der Waals surface area contributed by atoms with Gasteiger partial charge in [-0.05, 0) is 50.2 Å². The molecule has 0 aliphatic heterocycles. The zero-order valence-corrected chi connectivity index (χ0v) is 13.6. The van der Waals surface area contributed by atoms with Gasteiger partial charge in [0.25, 0.3) is 0 Å². The molecule has 0 aliphatic rings. The fraction of sp³-hybridized carbons (Fsp3) is 0.167. The molecule has 0 bridgehead atoms. The second-order valence-electron chi connectivity index (χ2n) is 5.51. The van der Waals surface area contributed by atoms with Gasteiger partial charge in [0.05, 0.1) is 28.3 Å². The first-order chi connectivity index (χ1) is 11.9. The fourth-order valence-electron chi connectivity index (χ4n) is 2.42. The first-order valence-corrected chi connectivity index (χ1v) is 7.57. The molecule has 3 aromatic rings. The minimum atomic E-state index is -4.36. The normalized spacial score (nSPS) is 12.0. The molecule has 0 amide bonds. The first kappa shape index (κ1) is 16.9. The van der Waals surface area contributed by atoms with Gasteiger partial charge < -0.3 is 0 Å². The molecule has 3 rings (SSSR count). The molecule has 0 spiro atoms. The summed E-state index contributed by atoms with van der Waals surface area (Å²) < 4.78 is 39.6. The Bertz CT molecular complexity index is 895. The predicted octanol–water partition coefficient (Wildman–Crippen LogP) is 5.92. The van der Waals surface area contributed by atoms with Crippen LogP contribution >= 0.6 is 0 Å². The molecule has 1 heterocycles. The molecule has 0 N–H and O–H groups in total. The number of nitrogens with zero attached hydrogens (tertiary/aromatic N) is 4. The molecule has 0 saturated heterocycles. The van der Waals surface area contributed by atoms with Crippen molar-refractivity contribution in [1.82, 2.24) is 9.78 Å². The largest absolute Gasteiger partial charge is 0.416 e. The lowest BCUT2D eigenvalue weighted by molar-refractivity contribution is -0.137. The zero-order valence-electron chi connectivity index (χ0n) is 13.6. The maximum Gasteiger partial charge on any atom is 0.416 e. The average Bonchev–Trinajstić information content (AvgIpc) is 2.87. The number of aromatic nitrogens is 2. The highest BCUT2D eigenvalue weighted by Gasteiger charge is 2.30. The molecular formula is C18H15F3N4. The molecule has 0 saturated carbocycles. The van der Waals surface area contributed by atoms with Crippen LogP contribution in [0.5, 0.6) is 0 Å². The maximum absolute atomic E-state index is 12.7. The van der Waals surface area contributed by atoms with Gasteiger partial charge in [-0.1, -0.05) is 18.2 Å². The van der Waals surface area contributed by atoms with Crippen LogP contribution in [-0.2, 0) is 6.18 Å². The van der Waals surface area contributed by atoms with E-state index in [9.17, 15) is 13.2 Å². The van der Waals surface area contributed by atoms with Crippen molar-refractivity contribution in [3.8, 4) is 5.69 Å². The maximum atomic E-state index is 12.7. The monoisotopic (exact) mass is 344 g/mol. The number of alkyl halides is 3. The summed E-state index contributed by atoms with van der Waals surface area (Å²) in [5.74, 6) is 0. The van der Waals surface area contributed by atoms with Crippen molar-refractivity contribution in [2.75, 3.05) is 0 Å². The second-order valence-corrected chi connectivity index (χ2v) is 5.51. The molecule has 0 fully saturated rings. The van der Waals surface area contributed by atoms with Gasteiger partial charge in [-0.15, -0.1) is 5.11 Å². The van der Waals surface area contributed by atoms with Crippen LogP contribution in [0.4, 0.5) is 24.5 Å². The fourth-order valence-corrected chi connectivity index (χ4v) is 2.42. The summed E-state index contributed by atoms with van der Waals surface area (Å²) in [6, 6.07) is 14.1. The van der Waals surface area contributed by atoms with Crippen molar-refractivity contribution in [2.24, 2.45) is 10.2 Å². The molecule has 4 nitrogen and oxygen atoms in total. The van der Waals surface area contributed by atoms with E-state index in [1.165, 1.54) is 12.1 Å². The Labute approximate surface area is 142 Å². The Morgan fingerprint density at radius 1 is 0.880 bits per heavy atom. The van der Waals surface area contributed by atoms with Crippen molar-refractivity contribution in [3.63, 3.8) is 0 Å². The van der Waals surface area contributed by atoms with Gasteiger partial charge in [-0.3, -0.25) is 0 Å². The van der Waals surface area contributed by atoms with E-state index in [1.54, 1.807) is 18.5 Å². The molecule has 0 atom stereocenters. The van der Waals surface area contributed by atoms with Gasteiger partial charge in [0.15, 0.2) is 0 Å². The van der Waals surface area contributed by atoms with Crippen LogP contribution in [0.15, 0.2) is 64.8 Å². The summed E-state index contributed by atoms with van der Waals surface area (Å²) in [6.45, 7) is 3.59. The number of benzene rings is 2. The van der Waals surface area contributed by atoms with E-state index in [4.69, 9.17) is 0 Å². The lowest BCUT2D eigenvalue weighted by Crippen LogP contribution is -2.05. The van der Waals surface area contributed by atoms with E-state index in [0.29, 0.717) is 28.5 Å². The summed E-state index contributed by atoms with van der Waals surface area (Å²) in [5.41, 5.74) is 2.51. The summed E-state index contributed by atoms with van der Waals surface area (Å²) in [6.07, 6.45) is -4.36. The molecule has 1 aromatic heterocycles. The van der Waals surface area contributed by atoms with Gasteiger partial charge in [0, 0.05) is 0 Å². The molecule has 7 heteroatoms. The van der Waals surface area contributed by atoms with Crippen molar-refractivity contribution in [1.29, 1.82) is 0 Å². The minimum absolute atomic E-state index is 0.537. The average molecular weight is 344 g/mol. The zero-order chi connectivity index (χ0) is 18.0. The highest BCUT2D eigenvalue weighted by Crippen LogP contribution is 2.31. The summed E-state index contributed by atoms with van der Waals surface area (Å²) in [7, 11) is 0. The number of azo groups is 1. The Kier molecular flexibility index (Phi) is 4.39. The van der Waals surface area contributed by atoms with Crippen molar-refractivity contribution >= 4 is 11.4 Å². The van der Waals surface area contributed by atoms with Crippen molar-refractivity contribution in [3.05, 3.63) is 71.5 Å². The number of hydrogen-bond acceptors (Lipinski definition) is 3. The Hall–Kier alpha value is -2.96. The van der Waals surface area contributed by atoms with Crippen LogP contribution in [-0.4, -0.2) is 9.78 Å². The smallest absolute Gasteiger partial charge is 0.236 e. The Morgan fingerprint density at radius 3 is 2.12 bits per heavy atom. The third-order valence-corrected chi connectivity index (χ3v) is 3.71. The minimum Gasteiger partial charge on any atom is -0.236 e. The molecule has 0 radical (unpaired) electrons. The highest BCUT2D eigenvalue weighted by molar-refractivity contribution is 5.50. The SMILES string of the molecule is Cc1nn(-c2ccc(C(F)(F)F)cc2)c(C)c1N=Nc1ccccc1. The van der Waals surface area contributed by atoms with Crippen LogP contribution in [0.3, 0.4) is 0 Å². The van der Waals surface area contributed by atoms with Crippen molar-refractivity contribution in [2.45, 2.75) is 20.0 Å². The van der Waals surface area contributed by atoms with E-state index < -0.39 is 11.7 Å². The molecule has 25 heavy (non-hydrogen) atoms. The van der Waals surface area contributed by atoms with Gasteiger partial charge in [0.2, 0.25) is 0 Å². The standard InChI is InChI=1S/C18H15F3N4/c1-12-17(23-22-15-6-4-3-5-7-15)13(2)25(24-12)16-10-8-14(9-11-16)18(19,20)21/h3-11H,1-2H3. The predicted molar refractivity (Wildman–Crippen MR) is 88.7 cm³/mol. The second kappa shape index (κ2) is 6.51. The summed E-state index contributed by atoms with van der Waals surface area (Å²) in [4.78, 5) is 0. The lowest BCUT2D eigenvalue weighted by Gasteiger charge is -2.08.